The zero-order valence-electron chi connectivity index (χ0n) is 18.9. The van der Waals surface area contributed by atoms with Gasteiger partial charge in [-0.25, -0.2) is 0 Å². The maximum absolute atomic E-state index is 11.3. The summed E-state index contributed by atoms with van der Waals surface area (Å²) < 4.78 is 0. The van der Waals surface area contributed by atoms with E-state index in [-0.39, 0.29) is 11.3 Å². The Morgan fingerprint density at radius 1 is 0.714 bits per heavy atom. The van der Waals surface area contributed by atoms with Crippen LogP contribution in [0.15, 0.2) is 52.6 Å². The largest absolute Gasteiger partial charge is 0.507 e. The average Bonchev–Trinajstić information content (AvgIpc) is 2.79. The average molecular weight is 375 g/mol. The van der Waals surface area contributed by atoms with Crippen LogP contribution in [0.5, 0.6) is 5.75 Å². The van der Waals surface area contributed by atoms with Crippen molar-refractivity contribution in [1.82, 2.24) is 0 Å². The van der Waals surface area contributed by atoms with Crippen LogP contribution in [0, 0.1) is 13.8 Å². The zero-order valence-corrected chi connectivity index (χ0v) is 18.9. The highest BCUT2D eigenvalue weighted by Crippen LogP contribution is 2.48. The quantitative estimate of drug-likeness (QED) is 0.570. The van der Waals surface area contributed by atoms with Crippen molar-refractivity contribution < 1.29 is 5.11 Å². The molecular formula is C27H34O. The summed E-state index contributed by atoms with van der Waals surface area (Å²) in [4.78, 5) is 0. The molecule has 1 heteroatoms. The normalized spacial score (nSPS) is 15.8. The Balaban J connectivity index is 2.32. The first-order chi connectivity index (χ1) is 12.9. The first kappa shape index (κ1) is 20.5. The van der Waals surface area contributed by atoms with Gasteiger partial charge >= 0.3 is 0 Å². The van der Waals surface area contributed by atoms with Crippen molar-refractivity contribution in [3.05, 3.63) is 74.9 Å². The van der Waals surface area contributed by atoms with Crippen LogP contribution in [0.4, 0.5) is 0 Å². The van der Waals surface area contributed by atoms with Crippen LogP contribution in [-0.4, -0.2) is 5.11 Å². The molecule has 1 aliphatic rings. The highest BCUT2D eigenvalue weighted by Gasteiger charge is 2.29. The van der Waals surface area contributed by atoms with Crippen molar-refractivity contribution >= 4 is 0 Å². The SMILES string of the molecule is CC1=C(C)C(c2ccc(C)cc2-c2cc(C)cc(C(C)(C)C)c2O)C(C)=C1C. The number of hydrogen-bond donors (Lipinski definition) is 1. The summed E-state index contributed by atoms with van der Waals surface area (Å²) in [5.74, 6) is 0.702. The van der Waals surface area contributed by atoms with E-state index >= 15 is 0 Å². The molecule has 0 amide bonds. The minimum atomic E-state index is -0.110. The molecule has 2 aromatic carbocycles. The third kappa shape index (κ3) is 3.32. The summed E-state index contributed by atoms with van der Waals surface area (Å²) >= 11 is 0. The lowest BCUT2D eigenvalue weighted by Gasteiger charge is -2.25. The van der Waals surface area contributed by atoms with E-state index in [4.69, 9.17) is 0 Å². The summed E-state index contributed by atoms with van der Waals surface area (Å²) in [7, 11) is 0. The fourth-order valence-electron chi connectivity index (χ4n) is 4.53. The number of allylic oxidation sites excluding steroid dienone is 4. The van der Waals surface area contributed by atoms with E-state index in [1.807, 2.05) is 0 Å². The van der Waals surface area contributed by atoms with E-state index in [1.165, 1.54) is 39.0 Å². The van der Waals surface area contributed by atoms with Gasteiger partial charge in [-0.3, -0.25) is 0 Å². The number of benzene rings is 2. The van der Waals surface area contributed by atoms with Gasteiger partial charge in [-0.15, -0.1) is 0 Å². The van der Waals surface area contributed by atoms with Crippen LogP contribution >= 0.6 is 0 Å². The molecule has 1 aliphatic carbocycles. The van der Waals surface area contributed by atoms with Gasteiger partial charge in [-0.05, 0) is 80.9 Å². The Labute approximate surface area is 170 Å². The monoisotopic (exact) mass is 374 g/mol. The van der Waals surface area contributed by atoms with Crippen molar-refractivity contribution in [2.75, 3.05) is 0 Å². The summed E-state index contributed by atoms with van der Waals surface area (Å²) in [5.41, 5.74) is 12.3. The standard InChI is InChI=1S/C27H34O/c1-15-10-11-21(25-19(5)17(3)18(4)20(25)6)22(12-15)23-13-16(2)14-24(26(23)28)27(7,8)9/h10-14,25,28H,1-9H3. The molecule has 28 heavy (non-hydrogen) atoms. The van der Waals surface area contributed by atoms with Gasteiger partial charge in [-0.2, -0.15) is 0 Å². The van der Waals surface area contributed by atoms with E-state index in [9.17, 15) is 5.11 Å². The van der Waals surface area contributed by atoms with Crippen LogP contribution in [0.25, 0.3) is 11.1 Å². The van der Waals surface area contributed by atoms with E-state index in [2.05, 4.69) is 92.6 Å². The van der Waals surface area contributed by atoms with Crippen molar-refractivity contribution in [3.63, 3.8) is 0 Å². The highest BCUT2D eigenvalue weighted by atomic mass is 16.3. The highest BCUT2D eigenvalue weighted by molar-refractivity contribution is 5.78. The number of aromatic hydroxyl groups is 1. The second-order valence-corrected chi connectivity index (χ2v) is 9.60. The van der Waals surface area contributed by atoms with Crippen LogP contribution < -0.4 is 0 Å². The van der Waals surface area contributed by atoms with Gasteiger partial charge in [0.15, 0.2) is 0 Å². The third-order valence-electron chi connectivity index (χ3n) is 6.48. The van der Waals surface area contributed by atoms with Gasteiger partial charge in [0.2, 0.25) is 0 Å². The van der Waals surface area contributed by atoms with Crippen LogP contribution in [0.2, 0.25) is 0 Å². The summed E-state index contributed by atoms with van der Waals surface area (Å²) in [6, 6.07) is 10.9. The topological polar surface area (TPSA) is 20.2 Å². The van der Waals surface area contributed by atoms with E-state index < -0.39 is 0 Å². The van der Waals surface area contributed by atoms with Crippen LogP contribution in [0.1, 0.15) is 76.6 Å². The van der Waals surface area contributed by atoms with E-state index in [0.717, 1.165) is 16.7 Å². The lowest BCUT2D eigenvalue weighted by molar-refractivity contribution is 0.448. The molecule has 1 nitrogen and oxygen atoms in total. The fourth-order valence-corrected chi connectivity index (χ4v) is 4.53. The van der Waals surface area contributed by atoms with Gasteiger partial charge in [-0.1, -0.05) is 61.7 Å². The van der Waals surface area contributed by atoms with Gasteiger partial charge in [0.1, 0.15) is 5.75 Å². The molecule has 0 unspecified atom stereocenters. The molecule has 0 bridgehead atoms. The molecule has 0 spiro atoms. The van der Waals surface area contributed by atoms with Gasteiger partial charge < -0.3 is 5.11 Å². The Morgan fingerprint density at radius 3 is 1.79 bits per heavy atom. The minimum Gasteiger partial charge on any atom is -0.507 e. The second kappa shape index (κ2) is 6.95. The molecule has 0 radical (unpaired) electrons. The maximum Gasteiger partial charge on any atom is 0.127 e. The Morgan fingerprint density at radius 2 is 1.25 bits per heavy atom. The first-order valence-electron chi connectivity index (χ1n) is 10.2. The summed E-state index contributed by atoms with van der Waals surface area (Å²) in [5, 5.41) is 11.3. The van der Waals surface area contributed by atoms with Gasteiger partial charge in [0.05, 0.1) is 0 Å². The third-order valence-corrected chi connectivity index (χ3v) is 6.48. The number of rotatable bonds is 2. The smallest absolute Gasteiger partial charge is 0.127 e. The lowest BCUT2D eigenvalue weighted by atomic mass is 9.80. The van der Waals surface area contributed by atoms with Crippen molar-refractivity contribution in [1.29, 1.82) is 0 Å². The summed E-state index contributed by atoms with van der Waals surface area (Å²) in [6.45, 7) is 19.7. The molecule has 0 saturated carbocycles. The number of phenols is 1. The molecule has 0 heterocycles. The molecule has 0 saturated heterocycles. The maximum atomic E-state index is 11.3. The molecule has 148 valence electrons. The first-order valence-corrected chi connectivity index (χ1v) is 10.2. The van der Waals surface area contributed by atoms with Crippen LogP contribution in [0.3, 0.4) is 0 Å². The number of phenolic OH excluding ortho intramolecular Hbond substituents is 1. The molecule has 0 atom stereocenters. The van der Waals surface area contributed by atoms with Gasteiger partial charge in [0.25, 0.3) is 0 Å². The second-order valence-electron chi connectivity index (χ2n) is 9.60. The zero-order chi connectivity index (χ0) is 21.0. The molecule has 1 N–H and O–H groups in total. The van der Waals surface area contributed by atoms with E-state index in [1.54, 1.807) is 0 Å². The molecule has 0 aliphatic heterocycles. The molecule has 3 rings (SSSR count). The lowest BCUT2D eigenvalue weighted by Crippen LogP contribution is -2.12. The Kier molecular flexibility index (Phi) is 5.08. The predicted octanol–water partition coefficient (Wildman–Crippen LogP) is 7.74. The Hall–Kier alpha value is -2.28. The molecular weight excluding hydrogens is 340 g/mol. The predicted molar refractivity (Wildman–Crippen MR) is 121 cm³/mol. The van der Waals surface area contributed by atoms with Crippen molar-refractivity contribution in [3.8, 4) is 16.9 Å². The van der Waals surface area contributed by atoms with Crippen molar-refractivity contribution in [2.45, 2.75) is 73.6 Å². The number of aryl methyl sites for hydroxylation is 2. The summed E-state index contributed by atoms with van der Waals surface area (Å²) in [6.07, 6.45) is 0. The molecule has 0 aromatic heterocycles. The van der Waals surface area contributed by atoms with Gasteiger partial charge in [0, 0.05) is 17.0 Å². The number of hydrogen-bond acceptors (Lipinski definition) is 1. The fraction of sp³-hybridized carbons (Fsp3) is 0.407. The minimum absolute atomic E-state index is 0.110. The van der Waals surface area contributed by atoms with Crippen molar-refractivity contribution in [2.24, 2.45) is 0 Å². The molecule has 0 fully saturated rings. The van der Waals surface area contributed by atoms with Crippen LogP contribution in [-0.2, 0) is 5.41 Å². The Bertz CT molecular complexity index is 985. The molecule has 2 aromatic rings. The van der Waals surface area contributed by atoms with E-state index in [0.29, 0.717) is 5.75 Å².